The third kappa shape index (κ3) is 2.43. The minimum Gasteiger partial charge on any atom is -0.313 e. The Bertz CT molecular complexity index is 543. The molecule has 0 aliphatic carbocycles. The van der Waals surface area contributed by atoms with E-state index in [1.807, 2.05) is 24.0 Å². The van der Waals surface area contributed by atoms with E-state index in [1.54, 1.807) is 0 Å². The van der Waals surface area contributed by atoms with Gasteiger partial charge in [0.05, 0.1) is 17.6 Å². The summed E-state index contributed by atoms with van der Waals surface area (Å²) in [5.41, 5.74) is 5.70. The fraction of sp³-hybridized carbons (Fsp3) is 0.429. The second kappa shape index (κ2) is 5.31. The normalized spacial score (nSPS) is 10.9. The van der Waals surface area contributed by atoms with Crippen LogP contribution in [0.5, 0.6) is 0 Å². The molecule has 0 atom stereocenters. The van der Waals surface area contributed by atoms with Crippen molar-refractivity contribution in [3.63, 3.8) is 0 Å². The molecule has 4 nitrogen and oxygen atoms in total. The zero-order valence-electron chi connectivity index (χ0n) is 11.5. The van der Waals surface area contributed by atoms with E-state index in [0.29, 0.717) is 0 Å². The number of hydrogen-bond donors (Lipinski definition) is 1. The average Bonchev–Trinajstić information content (AvgIpc) is 2.64. The second-order valence-corrected chi connectivity index (χ2v) is 4.54. The first-order chi connectivity index (χ1) is 8.63. The number of rotatable bonds is 4. The summed E-state index contributed by atoms with van der Waals surface area (Å²) in [4.78, 5) is 4.29. The molecule has 2 aromatic rings. The van der Waals surface area contributed by atoms with E-state index in [1.165, 1.54) is 16.8 Å². The molecule has 2 aromatic heterocycles. The minimum absolute atomic E-state index is 0.843. The zero-order valence-corrected chi connectivity index (χ0v) is 11.5. The van der Waals surface area contributed by atoms with Crippen molar-refractivity contribution in [1.29, 1.82) is 0 Å². The molecule has 0 aliphatic heterocycles. The van der Waals surface area contributed by atoms with E-state index in [9.17, 15) is 0 Å². The number of aryl methyl sites for hydroxylation is 1. The highest BCUT2D eigenvalue weighted by atomic mass is 15.3. The smallest absolute Gasteiger partial charge is 0.0835 e. The molecule has 0 saturated heterocycles. The minimum atomic E-state index is 0.843. The summed E-state index contributed by atoms with van der Waals surface area (Å²) in [6.45, 7) is 10.1. The quantitative estimate of drug-likeness (QED) is 0.897. The van der Waals surface area contributed by atoms with Gasteiger partial charge in [-0.15, -0.1) is 0 Å². The van der Waals surface area contributed by atoms with Crippen LogP contribution in [0, 0.1) is 20.8 Å². The third-order valence-corrected chi connectivity index (χ3v) is 3.26. The molecular formula is C14H20N4. The monoisotopic (exact) mass is 244 g/mol. The van der Waals surface area contributed by atoms with Crippen molar-refractivity contribution in [3.8, 4) is 5.69 Å². The van der Waals surface area contributed by atoms with Crippen molar-refractivity contribution in [2.75, 3.05) is 6.54 Å². The van der Waals surface area contributed by atoms with Crippen LogP contribution in [0.1, 0.15) is 29.4 Å². The Kier molecular flexibility index (Phi) is 3.77. The molecule has 0 bridgehead atoms. The molecular weight excluding hydrogens is 224 g/mol. The molecule has 0 aliphatic rings. The fourth-order valence-electron chi connectivity index (χ4n) is 1.93. The molecule has 2 rings (SSSR count). The highest BCUT2D eigenvalue weighted by Gasteiger charge is 2.09. The number of aromatic nitrogens is 3. The average molecular weight is 244 g/mol. The SMILES string of the molecule is CCNCc1cncc(-n2nc(C)c(C)c2C)c1. The molecule has 0 radical (unpaired) electrons. The first kappa shape index (κ1) is 12.8. The maximum atomic E-state index is 4.56. The largest absolute Gasteiger partial charge is 0.313 e. The number of hydrogen-bond acceptors (Lipinski definition) is 3. The van der Waals surface area contributed by atoms with Crippen LogP contribution in [0.3, 0.4) is 0 Å². The summed E-state index contributed by atoms with van der Waals surface area (Å²) >= 11 is 0. The lowest BCUT2D eigenvalue weighted by Gasteiger charge is -2.07. The van der Waals surface area contributed by atoms with Crippen LogP contribution in [0.15, 0.2) is 18.5 Å². The Morgan fingerprint density at radius 2 is 2.00 bits per heavy atom. The molecule has 0 fully saturated rings. The van der Waals surface area contributed by atoms with Crippen LogP contribution < -0.4 is 5.32 Å². The Morgan fingerprint density at radius 3 is 2.61 bits per heavy atom. The van der Waals surface area contributed by atoms with Crippen molar-refractivity contribution < 1.29 is 0 Å². The molecule has 0 aromatic carbocycles. The molecule has 0 amide bonds. The van der Waals surface area contributed by atoms with Gasteiger partial charge in [-0.3, -0.25) is 4.98 Å². The maximum absolute atomic E-state index is 4.56. The van der Waals surface area contributed by atoms with Gasteiger partial charge in [-0.2, -0.15) is 5.10 Å². The Hall–Kier alpha value is -1.68. The summed E-state index contributed by atoms with van der Waals surface area (Å²) in [5.74, 6) is 0. The van der Waals surface area contributed by atoms with Crippen molar-refractivity contribution in [2.24, 2.45) is 0 Å². The van der Waals surface area contributed by atoms with Crippen molar-refractivity contribution in [1.82, 2.24) is 20.1 Å². The molecule has 18 heavy (non-hydrogen) atoms. The van der Waals surface area contributed by atoms with E-state index in [2.05, 4.69) is 42.2 Å². The summed E-state index contributed by atoms with van der Waals surface area (Å²) in [7, 11) is 0. The van der Waals surface area contributed by atoms with Crippen molar-refractivity contribution >= 4 is 0 Å². The highest BCUT2D eigenvalue weighted by Crippen LogP contribution is 2.16. The van der Waals surface area contributed by atoms with Gasteiger partial charge < -0.3 is 5.32 Å². The Morgan fingerprint density at radius 1 is 1.22 bits per heavy atom. The standard InChI is InChI=1S/C14H20N4/c1-5-15-7-13-6-14(9-16-8-13)18-12(4)10(2)11(3)17-18/h6,8-9,15H,5,7H2,1-4H3. The second-order valence-electron chi connectivity index (χ2n) is 4.54. The lowest BCUT2D eigenvalue weighted by molar-refractivity contribution is 0.721. The van der Waals surface area contributed by atoms with Gasteiger partial charge in [-0.25, -0.2) is 4.68 Å². The lowest BCUT2D eigenvalue weighted by atomic mass is 10.2. The summed E-state index contributed by atoms with van der Waals surface area (Å²) in [6.07, 6.45) is 3.75. The first-order valence-electron chi connectivity index (χ1n) is 6.31. The molecule has 0 saturated carbocycles. The predicted octanol–water partition coefficient (Wildman–Crippen LogP) is 2.30. The molecule has 2 heterocycles. The molecule has 0 unspecified atom stereocenters. The van der Waals surface area contributed by atoms with Crippen LogP contribution in [-0.4, -0.2) is 21.3 Å². The molecule has 96 valence electrons. The third-order valence-electron chi connectivity index (χ3n) is 3.26. The predicted molar refractivity (Wildman–Crippen MR) is 73.0 cm³/mol. The van der Waals surface area contributed by atoms with Gasteiger partial charge in [-0.1, -0.05) is 6.92 Å². The molecule has 1 N–H and O–H groups in total. The van der Waals surface area contributed by atoms with Gasteiger partial charge in [0.15, 0.2) is 0 Å². The van der Waals surface area contributed by atoms with Crippen LogP contribution >= 0.6 is 0 Å². The first-order valence-corrected chi connectivity index (χ1v) is 6.31. The van der Waals surface area contributed by atoms with Gasteiger partial charge in [-0.05, 0) is 44.5 Å². The van der Waals surface area contributed by atoms with Gasteiger partial charge in [0.25, 0.3) is 0 Å². The van der Waals surface area contributed by atoms with Gasteiger partial charge >= 0.3 is 0 Å². The van der Waals surface area contributed by atoms with Gasteiger partial charge in [0.2, 0.25) is 0 Å². The zero-order chi connectivity index (χ0) is 13.1. The number of nitrogens with one attached hydrogen (secondary N) is 1. The van der Waals surface area contributed by atoms with E-state index in [-0.39, 0.29) is 0 Å². The Labute approximate surface area is 108 Å². The van der Waals surface area contributed by atoms with Crippen molar-refractivity contribution in [3.05, 3.63) is 41.0 Å². The van der Waals surface area contributed by atoms with Gasteiger partial charge in [0, 0.05) is 18.4 Å². The van der Waals surface area contributed by atoms with E-state index >= 15 is 0 Å². The lowest BCUT2D eigenvalue weighted by Crippen LogP contribution is -2.12. The Balaban J connectivity index is 2.35. The summed E-state index contributed by atoms with van der Waals surface area (Å²) < 4.78 is 1.97. The van der Waals surface area contributed by atoms with Crippen LogP contribution in [0.2, 0.25) is 0 Å². The van der Waals surface area contributed by atoms with Crippen LogP contribution in [0.4, 0.5) is 0 Å². The maximum Gasteiger partial charge on any atom is 0.0835 e. The van der Waals surface area contributed by atoms with E-state index in [4.69, 9.17) is 0 Å². The number of nitrogens with zero attached hydrogens (tertiary/aromatic N) is 3. The molecule has 0 spiro atoms. The van der Waals surface area contributed by atoms with Gasteiger partial charge in [0.1, 0.15) is 0 Å². The summed E-state index contributed by atoms with van der Waals surface area (Å²) in [5, 5.41) is 7.86. The fourth-order valence-corrected chi connectivity index (χ4v) is 1.93. The molecule has 4 heteroatoms. The van der Waals surface area contributed by atoms with Crippen LogP contribution in [0.25, 0.3) is 5.69 Å². The van der Waals surface area contributed by atoms with E-state index < -0.39 is 0 Å². The topological polar surface area (TPSA) is 42.7 Å². The number of pyridine rings is 1. The van der Waals surface area contributed by atoms with Crippen molar-refractivity contribution in [2.45, 2.75) is 34.2 Å². The van der Waals surface area contributed by atoms with E-state index in [0.717, 1.165) is 24.5 Å². The summed E-state index contributed by atoms with van der Waals surface area (Å²) in [6, 6.07) is 2.13. The van der Waals surface area contributed by atoms with Crippen LogP contribution in [-0.2, 0) is 6.54 Å². The highest BCUT2D eigenvalue weighted by molar-refractivity contribution is 5.36.